The first-order valence-corrected chi connectivity index (χ1v) is 6.34. The standard InChI is InChI=1S/C15H10F4N2O/c1-8-4-13-14(22)20-12(7-21(13)6-8)9-2-3-11(16)10(5-9)15(17,18)19/h2-7H,1H3,(H,20,22). The summed E-state index contributed by atoms with van der Waals surface area (Å²) in [5.74, 6) is -1.35. The Morgan fingerprint density at radius 3 is 2.55 bits per heavy atom. The first-order valence-electron chi connectivity index (χ1n) is 6.34. The molecule has 114 valence electrons. The van der Waals surface area contributed by atoms with Crippen LogP contribution in [0.25, 0.3) is 16.8 Å². The second-order valence-electron chi connectivity index (χ2n) is 5.00. The molecule has 2 heterocycles. The minimum atomic E-state index is -4.80. The molecule has 0 atom stereocenters. The van der Waals surface area contributed by atoms with Crippen molar-refractivity contribution in [2.75, 3.05) is 0 Å². The van der Waals surface area contributed by atoms with Crippen LogP contribution in [0.5, 0.6) is 0 Å². The number of halogens is 4. The van der Waals surface area contributed by atoms with Gasteiger partial charge in [-0.1, -0.05) is 0 Å². The molecule has 1 N–H and O–H groups in total. The zero-order chi connectivity index (χ0) is 16.1. The van der Waals surface area contributed by atoms with E-state index >= 15 is 0 Å². The molecule has 0 amide bonds. The van der Waals surface area contributed by atoms with Crippen molar-refractivity contribution in [3.8, 4) is 11.3 Å². The molecule has 22 heavy (non-hydrogen) atoms. The molecule has 0 aliphatic rings. The SMILES string of the molecule is Cc1cc2c(=O)[nH]c(-c3ccc(F)c(C(F)(F)F)c3)cn2c1. The number of benzene rings is 1. The number of nitrogens with zero attached hydrogens (tertiary/aromatic N) is 1. The van der Waals surface area contributed by atoms with E-state index in [1.54, 1.807) is 19.2 Å². The fraction of sp³-hybridized carbons (Fsp3) is 0.133. The highest BCUT2D eigenvalue weighted by Crippen LogP contribution is 2.33. The van der Waals surface area contributed by atoms with Crippen LogP contribution in [0.15, 0.2) is 41.5 Å². The minimum absolute atomic E-state index is 0.0825. The van der Waals surface area contributed by atoms with Crippen LogP contribution in [0.2, 0.25) is 0 Å². The van der Waals surface area contributed by atoms with Gasteiger partial charge in [0.05, 0.1) is 11.3 Å². The molecule has 2 aromatic heterocycles. The van der Waals surface area contributed by atoms with Crippen LogP contribution >= 0.6 is 0 Å². The van der Waals surface area contributed by atoms with Crippen LogP contribution in [0.1, 0.15) is 11.1 Å². The van der Waals surface area contributed by atoms with E-state index in [2.05, 4.69) is 4.98 Å². The molecule has 0 saturated heterocycles. The Labute approximate surface area is 121 Å². The molecule has 0 aliphatic carbocycles. The normalized spacial score (nSPS) is 12.0. The van der Waals surface area contributed by atoms with E-state index in [1.807, 2.05) is 0 Å². The third-order valence-corrected chi connectivity index (χ3v) is 3.32. The second-order valence-corrected chi connectivity index (χ2v) is 5.00. The van der Waals surface area contributed by atoms with Crippen molar-refractivity contribution in [1.29, 1.82) is 0 Å². The van der Waals surface area contributed by atoms with Gasteiger partial charge in [-0.15, -0.1) is 0 Å². The lowest BCUT2D eigenvalue weighted by Crippen LogP contribution is -2.11. The smallest absolute Gasteiger partial charge is 0.319 e. The molecule has 0 spiro atoms. The van der Waals surface area contributed by atoms with Crippen LogP contribution in [0, 0.1) is 12.7 Å². The van der Waals surface area contributed by atoms with Crippen molar-refractivity contribution in [1.82, 2.24) is 9.38 Å². The molecule has 0 aliphatic heterocycles. The van der Waals surface area contributed by atoms with E-state index in [0.717, 1.165) is 11.6 Å². The number of aromatic nitrogens is 2. The monoisotopic (exact) mass is 310 g/mol. The highest BCUT2D eigenvalue weighted by atomic mass is 19.4. The molecule has 0 unspecified atom stereocenters. The summed E-state index contributed by atoms with van der Waals surface area (Å²) in [7, 11) is 0. The average Bonchev–Trinajstić information content (AvgIpc) is 2.79. The van der Waals surface area contributed by atoms with Gasteiger partial charge in [0.25, 0.3) is 5.56 Å². The Hall–Kier alpha value is -2.57. The Balaban J connectivity index is 2.21. The van der Waals surface area contributed by atoms with Gasteiger partial charge in [0.15, 0.2) is 0 Å². The van der Waals surface area contributed by atoms with Crippen molar-refractivity contribution >= 4 is 5.52 Å². The van der Waals surface area contributed by atoms with Crippen molar-refractivity contribution in [3.05, 3.63) is 64.0 Å². The summed E-state index contributed by atoms with van der Waals surface area (Å²) in [6.45, 7) is 1.80. The zero-order valence-corrected chi connectivity index (χ0v) is 11.3. The lowest BCUT2D eigenvalue weighted by atomic mass is 10.1. The van der Waals surface area contributed by atoms with Gasteiger partial charge in [0.1, 0.15) is 11.3 Å². The van der Waals surface area contributed by atoms with Crippen molar-refractivity contribution in [3.63, 3.8) is 0 Å². The van der Waals surface area contributed by atoms with Crippen molar-refractivity contribution in [2.24, 2.45) is 0 Å². The van der Waals surface area contributed by atoms with E-state index in [0.29, 0.717) is 11.6 Å². The van der Waals surface area contributed by atoms with E-state index < -0.39 is 23.1 Å². The Morgan fingerprint density at radius 1 is 1.14 bits per heavy atom. The molecule has 0 radical (unpaired) electrons. The van der Waals surface area contributed by atoms with Gasteiger partial charge in [-0.2, -0.15) is 13.2 Å². The predicted molar refractivity (Wildman–Crippen MR) is 73.2 cm³/mol. The van der Waals surface area contributed by atoms with Crippen molar-refractivity contribution < 1.29 is 17.6 Å². The summed E-state index contributed by atoms with van der Waals surface area (Å²) in [6.07, 6.45) is -1.62. The number of H-pyrrole nitrogens is 1. The molecule has 7 heteroatoms. The van der Waals surface area contributed by atoms with Gasteiger partial charge in [0.2, 0.25) is 0 Å². The largest absolute Gasteiger partial charge is 0.419 e. The third-order valence-electron chi connectivity index (χ3n) is 3.32. The summed E-state index contributed by atoms with van der Waals surface area (Å²) < 4.78 is 53.1. The molecular weight excluding hydrogens is 300 g/mol. The van der Waals surface area contributed by atoms with E-state index in [4.69, 9.17) is 0 Å². The molecule has 1 aromatic carbocycles. The maximum atomic E-state index is 13.3. The third kappa shape index (κ3) is 2.38. The van der Waals surface area contributed by atoms with Crippen LogP contribution in [0.4, 0.5) is 17.6 Å². The summed E-state index contributed by atoms with van der Waals surface area (Å²) in [5.41, 5.74) is -0.298. The van der Waals surface area contributed by atoms with Crippen LogP contribution in [-0.2, 0) is 6.18 Å². The summed E-state index contributed by atoms with van der Waals surface area (Å²) in [4.78, 5) is 14.5. The number of hydrogen-bond acceptors (Lipinski definition) is 1. The molecule has 0 bridgehead atoms. The van der Waals surface area contributed by atoms with Gasteiger partial charge in [-0.3, -0.25) is 4.79 Å². The van der Waals surface area contributed by atoms with Crippen LogP contribution in [0.3, 0.4) is 0 Å². The first-order chi connectivity index (χ1) is 10.3. The highest BCUT2D eigenvalue weighted by Gasteiger charge is 2.34. The maximum absolute atomic E-state index is 13.3. The number of alkyl halides is 3. The lowest BCUT2D eigenvalue weighted by molar-refractivity contribution is -0.139. The fourth-order valence-electron chi connectivity index (χ4n) is 2.32. The molecule has 3 rings (SSSR count). The first kappa shape index (κ1) is 14.4. The number of hydrogen-bond donors (Lipinski definition) is 1. The number of aromatic amines is 1. The molecule has 0 saturated carbocycles. The lowest BCUT2D eigenvalue weighted by Gasteiger charge is -2.10. The second kappa shape index (κ2) is 4.72. The fourth-order valence-corrected chi connectivity index (χ4v) is 2.32. The summed E-state index contributed by atoms with van der Waals surface area (Å²) in [6, 6.07) is 4.27. The highest BCUT2D eigenvalue weighted by molar-refractivity contribution is 5.62. The Morgan fingerprint density at radius 2 is 1.86 bits per heavy atom. The van der Waals surface area contributed by atoms with Crippen LogP contribution < -0.4 is 5.56 Å². The molecule has 3 nitrogen and oxygen atoms in total. The molecule has 0 fully saturated rings. The zero-order valence-electron chi connectivity index (χ0n) is 11.3. The predicted octanol–water partition coefficient (Wildman–Crippen LogP) is 3.76. The average molecular weight is 310 g/mol. The van der Waals surface area contributed by atoms with Crippen molar-refractivity contribution in [2.45, 2.75) is 13.1 Å². The van der Waals surface area contributed by atoms with Gasteiger partial charge in [0, 0.05) is 18.0 Å². The summed E-state index contributed by atoms with van der Waals surface area (Å²) >= 11 is 0. The maximum Gasteiger partial charge on any atom is 0.419 e. The molecule has 3 aromatic rings. The quantitative estimate of drug-likeness (QED) is 0.683. The number of fused-ring (bicyclic) bond motifs is 1. The van der Waals surface area contributed by atoms with Gasteiger partial charge in [-0.25, -0.2) is 4.39 Å². The van der Waals surface area contributed by atoms with Gasteiger partial charge in [-0.05, 0) is 36.8 Å². The van der Waals surface area contributed by atoms with E-state index in [1.165, 1.54) is 16.7 Å². The topological polar surface area (TPSA) is 37.3 Å². The minimum Gasteiger partial charge on any atom is -0.319 e. The number of nitrogens with one attached hydrogen (secondary N) is 1. The van der Waals surface area contributed by atoms with Gasteiger partial charge < -0.3 is 9.38 Å². The number of rotatable bonds is 1. The summed E-state index contributed by atoms with van der Waals surface area (Å²) in [5, 5.41) is 0. The van der Waals surface area contributed by atoms with E-state index in [-0.39, 0.29) is 11.3 Å². The van der Waals surface area contributed by atoms with E-state index in [9.17, 15) is 22.4 Å². The Bertz CT molecular complexity index is 921. The Kier molecular flexibility index (Phi) is 3.09. The van der Waals surface area contributed by atoms with Crippen LogP contribution in [-0.4, -0.2) is 9.38 Å². The molecular formula is C15H10F4N2O. The van der Waals surface area contributed by atoms with Gasteiger partial charge >= 0.3 is 6.18 Å². The number of aryl methyl sites for hydroxylation is 1.